The molecule has 0 saturated heterocycles. The Hall–Kier alpha value is -9.70. The summed E-state index contributed by atoms with van der Waals surface area (Å²) in [6.07, 6.45) is 49.0. The van der Waals surface area contributed by atoms with Crippen molar-refractivity contribution in [3.8, 4) is 46.0 Å². The average molecular weight is 1720 g/mol. The van der Waals surface area contributed by atoms with E-state index in [1.54, 1.807) is 48.5 Å². The molecule has 0 aliphatic carbocycles. The number of ether oxygens (including phenoxy) is 8. The first-order valence-electron chi connectivity index (χ1n) is 49.6. The lowest BCUT2D eigenvalue weighted by molar-refractivity contribution is 0.0724. The first kappa shape index (κ1) is 96.9. The molecule has 0 radical (unpaired) electrons. The van der Waals surface area contributed by atoms with Gasteiger partial charge in [0.25, 0.3) is 23.6 Å². The Kier molecular flexibility index (Phi) is 40.0. The first-order valence-corrected chi connectivity index (χ1v) is 49.6. The third-order valence-electron chi connectivity index (χ3n) is 25.3. The summed E-state index contributed by atoms with van der Waals surface area (Å²) >= 11 is 0. The Labute approximate surface area is 752 Å². The highest BCUT2D eigenvalue weighted by Gasteiger charge is 2.40. The van der Waals surface area contributed by atoms with Crippen LogP contribution in [-0.2, 0) is 12.8 Å². The van der Waals surface area contributed by atoms with Gasteiger partial charge in [-0.15, -0.1) is 0 Å². The third kappa shape index (κ3) is 25.8. The Morgan fingerprint density at radius 3 is 0.730 bits per heavy atom. The minimum absolute atomic E-state index is 0.243. The molecule has 126 heavy (non-hydrogen) atoms. The van der Waals surface area contributed by atoms with E-state index in [1.807, 2.05) is 60.7 Å². The van der Waals surface area contributed by atoms with Gasteiger partial charge >= 0.3 is 11.9 Å². The maximum absolute atomic E-state index is 15.7. The van der Waals surface area contributed by atoms with Crippen molar-refractivity contribution in [2.75, 3.05) is 49.4 Å². The maximum Gasteiger partial charge on any atom is 0.343 e. The molecule has 16 nitrogen and oxygen atoms in total. The Morgan fingerprint density at radius 1 is 0.246 bits per heavy atom. The van der Waals surface area contributed by atoms with Crippen LogP contribution >= 0.6 is 0 Å². The quantitative estimate of drug-likeness (QED) is 0.00876. The predicted octanol–water partition coefficient (Wildman–Crippen LogP) is 30.5. The molecule has 2 heterocycles. The van der Waals surface area contributed by atoms with Gasteiger partial charge in [-0.05, 0) is 193 Å². The minimum atomic E-state index is -0.614. The van der Waals surface area contributed by atoms with Gasteiger partial charge in [0.1, 0.15) is 11.5 Å². The van der Waals surface area contributed by atoms with Crippen molar-refractivity contribution in [1.82, 2.24) is 0 Å². The largest absolute Gasteiger partial charge is 0.490 e. The highest BCUT2D eigenvalue weighted by molar-refractivity contribution is 6.45. The third-order valence-corrected chi connectivity index (χ3v) is 25.3. The van der Waals surface area contributed by atoms with E-state index < -0.39 is 35.6 Å². The molecular weight excluding hydrogens is 1570 g/mol. The van der Waals surface area contributed by atoms with E-state index in [9.17, 15) is 9.59 Å². The molecule has 16 heteroatoms. The number of hydrogen-bond donors (Lipinski definition) is 0. The van der Waals surface area contributed by atoms with E-state index >= 15 is 19.2 Å². The molecule has 0 aromatic heterocycles. The van der Waals surface area contributed by atoms with Gasteiger partial charge in [-0.3, -0.25) is 19.2 Å². The van der Waals surface area contributed by atoms with E-state index in [2.05, 4.69) is 55.4 Å². The van der Waals surface area contributed by atoms with E-state index in [1.165, 1.54) is 125 Å². The second-order valence-corrected chi connectivity index (χ2v) is 35.3. The van der Waals surface area contributed by atoms with Crippen molar-refractivity contribution in [3.05, 3.63) is 154 Å². The lowest BCUT2D eigenvalue weighted by atomic mass is 9.82. The Balaban J connectivity index is 0.890. The SMILES string of the molecule is CCCCCCCCCCCCCCCc1cc(OC(=O)c2cc(OCCCCC)c(OCCCCC)c(OCCCCC)c2)ccc1N1C(=O)c2ccc3c4ccc5c6c(ccc(c7ccc(c2c37)C1=O)c64)C(=O)N(c1ccc(OC(=O)c2cc(OCCCCC)c(OCCCCC)c(OCCCCC)c2)cc1CCCCCCCCCCCCCCC)C5=O. The summed E-state index contributed by atoms with van der Waals surface area (Å²) in [4.78, 5) is 94.8. The normalized spacial score (nSPS) is 12.6. The number of aryl methyl sites for hydroxylation is 2. The van der Waals surface area contributed by atoms with Crippen LogP contribution in [0.2, 0.25) is 0 Å². The number of hydrogen-bond acceptors (Lipinski definition) is 14. The highest BCUT2D eigenvalue weighted by Crippen LogP contribution is 2.49. The van der Waals surface area contributed by atoms with Gasteiger partial charge in [0.15, 0.2) is 23.0 Å². The number of benzene rings is 9. The fourth-order valence-electron chi connectivity index (χ4n) is 18.1. The molecule has 0 N–H and O–H groups in total. The maximum atomic E-state index is 15.7. The monoisotopic (exact) mass is 1720 g/mol. The standard InChI is InChI=1S/C110H146N2O14/c1-9-17-25-27-29-31-33-35-37-39-41-43-45-53-79-73-83(125-109(117)81-75-95(119-67-47-19-11-3)103(123-71-51-23-15-7)96(76-81)120-68-48-20-12-4)55-65-93(79)111-105(113)89-61-57-85-87-59-63-91-102-92(64-60-88(100(87)102)86-58-62-90(106(111)114)101(89)99(85)86)108(116)112(107(91)115)94-66-56-84(74-80(94)54-46-44-42-40-38-36-34-32-30-28-26-18-10-2)126-110(118)82-77-97(121-69-49-21-13-5)104(124-72-52-24-16-8)98(78-82)122-70-50-22-14-6/h55-66,73-78H,9-54,67-72H2,1-8H3. The van der Waals surface area contributed by atoms with E-state index in [-0.39, 0.29) is 22.6 Å². The zero-order chi connectivity index (χ0) is 88.8. The lowest BCUT2D eigenvalue weighted by Crippen LogP contribution is -2.41. The number of anilines is 2. The van der Waals surface area contributed by atoms with Crippen molar-refractivity contribution in [1.29, 1.82) is 0 Å². The molecule has 0 bridgehead atoms. The molecule has 9 aromatic rings. The van der Waals surface area contributed by atoms with Gasteiger partial charge in [-0.2, -0.15) is 0 Å². The summed E-state index contributed by atoms with van der Waals surface area (Å²) in [5.74, 6) is 0.104. The zero-order valence-corrected chi connectivity index (χ0v) is 77.8. The number of rotatable bonds is 64. The zero-order valence-electron chi connectivity index (χ0n) is 77.8. The molecule has 9 aromatic carbocycles. The molecule has 11 rings (SSSR count). The fourth-order valence-corrected chi connectivity index (χ4v) is 18.1. The van der Waals surface area contributed by atoms with Crippen molar-refractivity contribution in [2.24, 2.45) is 0 Å². The molecule has 0 spiro atoms. The van der Waals surface area contributed by atoms with Gasteiger partial charge in [-0.1, -0.05) is 311 Å². The second kappa shape index (κ2) is 51.9. The number of fused-ring (bicyclic) bond motifs is 2. The van der Waals surface area contributed by atoms with Gasteiger partial charge in [0.05, 0.1) is 62.1 Å². The molecular formula is C110H146N2O14. The van der Waals surface area contributed by atoms with E-state index in [0.717, 1.165) is 199 Å². The van der Waals surface area contributed by atoms with Gasteiger partial charge < -0.3 is 37.9 Å². The van der Waals surface area contributed by atoms with Crippen molar-refractivity contribution >= 4 is 90.0 Å². The van der Waals surface area contributed by atoms with Gasteiger partial charge in [-0.25, -0.2) is 19.4 Å². The van der Waals surface area contributed by atoms with Crippen LogP contribution < -0.4 is 47.7 Å². The van der Waals surface area contributed by atoms with Gasteiger partial charge in [0, 0.05) is 33.0 Å². The molecule has 0 fully saturated rings. The van der Waals surface area contributed by atoms with Crippen LogP contribution in [0.25, 0.3) is 43.1 Å². The smallest absolute Gasteiger partial charge is 0.343 e. The van der Waals surface area contributed by atoms with Crippen LogP contribution in [0.4, 0.5) is 11.4 Å². The van der Waals surface area contributed by atoms with Crippen LogP contribution in [-0.4, -0.2) is 75.2 Å². The van der Waals surface area contributed by atoms with Crippen molar-refractivity contribution in [3.63, 3.8) is 0 Å². The van der Waals surface area contributed by atoms with Gasteiger partial charge in [0.2, 0.25) is 11.5 Å². The van der Waals surface area contributed by atoms with Crippen LogP contribution in [0, 0.1) is 0 Å². The van der Waals surface area contributed by atoms with Crippen molar-refractivity contribution < 1.29 is 66.7 Å². The number of carbonyl (C=O) groups excluding carboxylic acids is 6. The molecule has 2 aliphatic rings. The van der Waals surface area contributed by atoms with Crippen LogP contribution in [0.3, 0.4) is 0 Å². The number of carbonyl (C=O) groups is 6. The molecule has 0 atom stereocenters. The summed E-state index contributed by atoms with van der Waals surface area (Å²) in [6.45, 7) is 20.1. The number of nitrogens with zero attached hydrogens (tertiary/aromatic N) is 2. The fraction of sp³-hybridized carbons (Fsp3) is 0.545. The Bertz CT molecular complexity index is 4510. The summed E-state index contributed by atoms with van der Waals surface area (Å²) in [6, 6.07) is 32.2. The molecule has 0 unspecified atom stereocenters. The average Bonchev–Trinajstić information content (AvgIpc) is 0.687. The molecule has 680 valence electrons. The first-order chi connectivity index (χ1) is 61.8. The summed E-state index contributed by atoms with van der Waals surface area (Å²) in [7, 11) is 0. The van der Waals surface area contributed by atoms with E-state index in [0.29, 0.717) is 143 Å². The summed E-state index contributed by atoms with van der Waals surface area (Å²) < 4.78 is 51.3. The predicted molar refractivity (Wildman–Crippen MR) is 515 cm³/mol. The molecule has 0 saturated carbocycles. The summed E-state index contributed by atoms with van der Waals surface area (Å²) in [5, 5.41) is 5.64. The van der Waals surface area contributed by atoms with Crippen LogP contribution in [0.5, 0.6) is 46.0 Å². The molecule has 4 amide bonds. The lowest BCUT2D eigenvalue weighted by Gasteiger charge is -2.31. The highest BCUT2D eigenvalue weighted by atomic mass is 16.6. The topological polar surface area (TPSA) is 183 Å². The molecule has 2 aliphatic heterocycles. The second-order valence-electron chi connectivity index (χ2n) is 35.3. The number of imide groups is 2. The summed E-state index contributed by atoms with van der Waals surface area (Å²) in [5.41, 5.74) is 4.19. The number of unbranched alkanes of at least 4 members (excludes halogenated alkanes) is 36. The minimum Gasteiger partial charge on any atom is -0.490 e. The van der Waals surface area contributed by atoms with Crippen molar-refractivity contribution in [2.45, 2.75) is 351 Å². The van der Waals surface area contributed by atoms with Crippen LogP contribution in [0.15, 0.2) is 109 Å². The number of amides is 4. The number of esters is 2. The van der Waals surface area contributed by atoms with E-state index in [4.69, 9.17) is 37.9 Å². The van der Waals surface area contributed by atoms with Crippen LogP contribution in [0.1, 0.15) is 411 Å². The Morgan fingerprint density at radius 2 is 0.476 bits per heavy atom.